The molecule has 11 heteroatoms. The molecule has 3 rings (SSSR count). The van der Waals surface area contributed by atoms with Gasteiger partial charge in [0.1, 0.15) is 0 Å². The predicted molar refractivity (Wildman–Crippen MR) is 100 cm³/mol. The summed E-state index contributed by atoms with van der Waals surface area (Å²) < 4.78 is 14.9. The van der Waals surface area contributed by atoms with Crippen LogP contribution in [0.15, 0.2) is 30.7 Å². The average molecular weight is 386 g/mol. The van der Waals surface area contributed by atoms with Gasteiger partial charge in [0.05, 0.1) is 17.6 Å². The lowest BCUT2D eigenvalue weighted by atomic mass is 9.97. The second kappa shape index (κ2) is 6.87. The van der Waals surface area contributed by atoms with Gasteiger partial charge in [0.25, 0.3) is 0 Å². The van der Waals surface area contributed by atoms with Crippen molar-refractivity contribution >= 4 is 40.2 Å². The molecule has 3 aromatic rings. The number of hydrogen-bond donors (Lipinski definition) is 5. The van der Waals surface area contributed by atoms with E-state index >= 15 is 0 Å². The average Bonchev–Trinajstić information content (AvgIpc) is 2.64. The SMILES string of the molecule is Cc1c(N)cncc1-c1cc2cc(N(NC(=O)O)C(=O)O)ncc2c(N)c1F. The maximum Gasteiger partial charge on any atom is 0.432 e. The van der Waals surface area contributed by atoms with E-state index in [1.165, 1.54) is 24.5 Å². The van der Waals surface area contributed by atoms with Gasteiger partial charge >= 0.3 is 12.2 Å². The number of nitrogens with two attached hydrogens (primary N) is 2. The van der Waals surface area contributed by atoms with E-state index in [9.17, 15) is 19.1 Å². The summed E-state index contributed by atoms with van der Waals surface area (Å²) in [5.41, 5.74) is 14.8. The Morgan fingerprint density at radius 3 is 2.50 bits per heavy atom. The number of halogens is 1. The van der Waals surface area contributed by atoms with Crippen LogP contribution in [0.3, 0.4) is 0 Å². The molecule has 0 aliphatic heterocycles. The van der Waals surface area contributed by atoms with E-state index in [-0.39, 0.29) is 22.5 Å². The molecule has 2 heterocycles. The van der Waals surface area contributed by atoms with Crippen LogP contribution in [0, 0.1) is 12.7 Å². The number of nitrogens with zero attached hydrogens (tertiary/aromatic N) is 3. The number of hydrazine groups is 1. The lowest BCUT2D eigenvalue weighted by Gasteiger charge is -2.18. The van der Waals surface area contributed by atoms with Crippen LogP contribution in [-0.2, 0) is 0 Å². The van der Waals surface area contributed by atoms with Crippen molar-refractivity contribution in [3.8, 4) is 11.1 Å². The molecule has 144 valence electrons. The summed E-state index contributed by atoms with van der Waals surface area (Å²) >= 11 is 0. The van der Waals surface area contributed by atoms with Crippen LogP contribution in [0.2, 0.25) is 0 Å². The zero-order valence-corrected chi connectivity index (χ0v) is 14.5. The van der Waals surface area contributed by atoms with Crippen molar-refractivity contribution in [3.63, 3.8) is 0 Å². The first-order chi connectivity index (χ1) is 13.2. The van der Waals surface area contributed by atoms with Crippen molar-refractivity contribution < 1.29 is 24.2 Å². The molecule has 0 bridgehead atoms. The van der Waals surface area contributed by atoms with Gasteiger partial charge < -0.3 is 21.7 Å². The third kappa shape index (κ3) is 3.16. The van der Waals surface area contributed by atoms with Gasteiger partial charge in [-0.3, -0.25) is 4.98 Å². The molecule has 1 aromatic carbocycles. The van der Waals surface area contributed by atoms with Crippen molar-refractivity contribution in [1.82, 2.24) is 15.4 Å². The van der Waals surface area contributed by atoms with Gasteiger partial charge in [0.15, 0.2) is 11.6 Å². The van der Waals surface area contributed by atoms with E-state index in [1.54, 1.807) is 12.3 Å². The van der Waals surface area contributed by atoms with Crippen molar-refractivity contribution in [2.45, 2.75) is 6.92 Å². The fourth-order valence-corrected chi connectivity index (χ4v) is 2.72. The molecule has 28 heavy (non-hydrogen) atoms. The van der Waals surface area contributed by atoms with Gasteiger partial charge in [-0.1, -0.05) is 0 Å². The third-order valence-corrected chi connectivity index (χ3v) is 4.16. The summed E-state index contributed by atoms with van der Waals surface area (Å²) in [6.07, 6.45) is 0.848. The molecule has 0 unspecified atom stereocenters. The Labute approximate surface area is 157 Å². The molecular weight excluding hydrogens is 371 g/mol. The second-order valence-corrected chi connectivity index (χ2v) is 5.85. The van der Waals surface area contributed by atoms with Gasteiger partial charge in [0.2, 0.25) is 0 Å². The summed E-state index contributed by atoms with van der Waals surface area (Å²) in [5.74, 6) is -0.932. The number of pyridine rings is 2. The first kappa shape index (κ1) is 18.6. The maximum atomic E-state index is 14.9. The number of anilines is 3. The maximum absolute atomic E-state index is 14.9. The number of rotatable bonds is 2. The summed E-state index contributed by atoms with van der Waals surface area (Å²) in [6.45, 7) is 1.70. The van der Waals surface area contributed by atoms with Crippen LogP contribution in [0.1, 0.15) is 5.56 Å². The Bertz CT molecular complexity index is 1120. The predicted octanol–water partition coefficient (Wildman–Crippen LogP) is 2.58. The van der Waals surface area contributed by atoms with E-state index in [0.717, 1.165) is 6.20 Å². The van der Waals surface area contributed by atoms with Gasteiger partial charge in [-0.05, 0) is 30.0 Å². The molecule has 0 atom stereocenters. The Balaban J connectivity index is 2.23. The number of carbonyl (C=O) groups is 2. The fraction of sp³-hybridized carbons (Fsp3) is 0.0588. The van der Waals surface area contributed by atoms with Crippen molar-refractivity contribution in [2.75, 3.05) is 16.5 Å². The van der Waals surface area contributed by atoms with E-state index in [2.05, 4.69) is 9.97 Å². The first-order valence-electron chi connectivity index (χ1n) is 7.81. The van der Waals surface area contributed by atoms with Crippen LogP contribution >= 0.6 is 0 Å². The standard InChI is InChI=1S/C17H15FN6O4/c1-7-10(4-21-6-12(7)19)9-2-8-3-13(24(17(27)28)23-16(25)26)22-5-11(8)15(20)14(9)18/h2-6,23H,19-20H2,1H3,(H,25,26)(H,27,28). The Kier molecular flexibility index (Phi) is 4.57. The van der Waals surface area contributed by atoms with E-state index < -0.39 is 18.0 Å². The van der Waals surface area contributed by atoms with Gasteiger partial charge in [-0.25, -0.2) is 24.4 Å². The molecule has 2 aromatic heterocycles. The molecular formula is C17H15FN6O4. The highest BCUT2D eigenvalue weighted by Gasteiger charge is 2.21. The van der Waals surface area contributed by atoms with Crippen LogP contribution in [0.25, 0.3) is 21.9 Å². The highest BCUT2D eigenvalue weighted by molar-refractivity contribution is 5.99. The van der Waals surface area contributed by atoms with Crippen LogP contribution < -0.4 is 21.9 Å². The second-order valence-electron chi connectivity index (χ2n) is 5.85. The van der Waals surface area contributed by atoms with E-state index in [0.29, 0.717) is 27.2 Å². The largest absolute Gasteiger partial charge is 0.464 e. The van der Waals surface area contributed by atoms with Crippen LogP contribution in [0.5, 0.6) is 0 Å². The highest BCUT2D eigenvalue weighted by atomic mass is 19.1. The molecule has 0 aliphatic carbocycles. The summed E-state index contributed by atoms with van der Waals surface area (Å²) in [7, 11) is 0. The van der Waals surface area contributed by atoms with E-state index in [1.807, 2.05) is 0 Å². The summed E-state index contributed by atoms with van der Waals surface area (Å²) in [6, 6.07) is 2.71. The molecule has 0 saturated heterocycles. The Hall–Kier alpha value is -4.15. The topological polar surface area (TPSA) is 168 Å². The minimum Gasteiger partial charge on any atom is -0.464 e. The number of hydrogen-bond acceptors (Lipinski definition) is 6. The van der Waals surface area contributed by atoms with Crippen molar-refractivity contribution in [1.29, 1.82) is 0 Å². The molecule has 0 saturated carbocycles. The third-order valence-electron chi connectivity index (χ3n) is 4.16. The molecule has 2 amide bonds. The smallest absolute Gasteiger partial charge is 0.432 e. The summed E-state index contributed by atoms with van der Waals surface area (Å²) in [4.78, 5) is 30.0. The number of amides is 2. The van der Waals surface area contributed by atoms with E-state index in [4.69, 9.17) is 16.6 Å². The molecule has 0 spiro atoms. The molecule has 7 N–H and O–H groups in total. The minimum absolute atomic E-state index is 0.118. The monoisotopic (exact) mass is 386 g/mol. The zero-order chi connectivity index (χ0) is 20.6. The lowest BCUT2D eigenvalue weighted by Crippen LogP contribution is -2.45. The Morgan fingerprint density at radius 2 is 1.86 bits per heavy atom. The normalized spacial score (nSPS) is 10.6. The molecule has 0 aliphatic rings. The fourth-order valence-electron chi connectivity index (χ4n) is 2.72. The Morgan fingerprint density at radius 1 is 1.14 bits per heavy atom. The zero-order valence-electron chi connectivity index (χ0n) is 14.5. The first-order valence-corrected chi connectivity index (χ1v) is 7.81. The van der Waals surface area contributed by atoms with Gasteiger partial charge in [0, 0.05) is 28.9 Å². The van der Waals surface area contributed by atoms with Crippen molar-refractivity contribution in [2.24, 2.45) is 0 Å². The number of aromatic nitrogens is 2. The number of benzene rings is 1. The van der Waals surface area contributed by atoms with Crippen molar-refractivity contribution in [3.05, 3.63) is 42.1 Å². The highest BCUT2D eigenvalue weighted by Crippen LogP contribution is 2.36. The van der Waals surface area contributed by atoms with Crippen LogP contribution in [0.4, 0.5) is 31.2 Å². The molecule has 0 radical (unpaired) electrons. The summed E-state index contributed by atoms with van der Waals surface area (Å²) in [5, 5.41) is 18.9. The quantitative estimate of drug-likeness (QED) is 0.331. The number of carboxylic acid groups (broad SMARTS) is 2. The lowest BCUT2D eigenvalue weighted by molar-refractivity contribution is 0.181. The minimum atomic E-state index is -1.60. The number of nitrogens with one attached hydrogen (secondary N) is 1. The van der Waals surface area contributed by atoms with Gasteiger partial charge in [-0.2, -0.15) is 5.01 Å². The van der Waals surface area contributed by atoms with Gasteiger partial charge in [-0.15, -0.1) is 0 Å². The molecule has 0 fully saturated rings. The number of fused-ring (bicyclic) bond motifs is 1. The molecule has 10 nitrogen and oxygen atoms in total. The van der Waals surface area contributed by atoms with Crippen LogP contribution in [-0.4, -0.2) is 32.4 Å². The number of nitrogen functional groups attached to an aromatic ring is 2.